The highest BCUT2D eigenvalue weighted by atomic mass is 32.1. The summed E-state index contributed by atoms with van der Waals surface area (Å²) in [5.41, 5.74) is 3.80. The zero-order valence-corrected chi connectivity index (χ0v) is 15.2. The third-order valence-corrected chi connectivity index (χ3v) is 4.30. The molecule has 0 fully saturated rings. The number of amides is 3. The number of anilines is 3. The lowest BCUT2D eigenvalue weighted by atomic mass is 10.2. The number of thiazole rings is 1. The zero-order valence-electron chi connectivity index (χ0n) is 14.4. The minimum Gasteiger partial charge on any atom is -0.321 e. The van der Waals surface area contributed by atoms with Crippen LogP contribution < -0.4 is 16.0 Å². The normalized spacial score (nSPS) is 10.2. The average Bonchev–Trinajstić information content (AvgIpc) is 3.05. The van der Waals surface area contributed by atoms with E-state index in [1.165, 1.54) is 11.3 Å². The van der Waals surface area contributed by atoms with Gasteiger partial charge in [0.25, 0.3) is 5.91 Å². The molecule has 0 bridgehead atoms. The van der Waals surface area contributed by atoms with E-state index in [1.54, 1.807) is 11.4 Å². The number of hydrogen-bond acceptors (Lipinski definition) is 4. The topological polar surface area (TPSA) is 83.1 Å². The van der Waals surface area contributed by atoms with Crippen LogP contribution in [0.4, 0.5) is 21.3 Å². The van der Waals surface area contributed by atoms with Gasteiger partial charge in [0.2, 0.25) is 0 Å². The minimum absolute atomic E-state index is 0.251. The van der Waals surface area contributed by atoms with Crippen LogP contribution >= 0.6 is 11.3 Å². The molecule has 3 N–H and O–H groups in total. The fraction of sp³-hybridized carbons (Fsp3) is 0.105. The second-order valence-corrected chi connectivity index (χ2v) is 6.66. The molecule has 3 amide bonds. The Labute approximate surface area is 155 Å². The first kappa shape index (κ1) is 17.6. The molecule has 0 aliphatic carbocycles. The van der Waals surface area contributed by atoms with Crippen molar-refractivity contribution >= 4 is 39.8 Å². The second kappa shape index (κ2) is 7.79. The maximum Gasteiger partial charge on any atom is 0.325 e. The van der Waals surface area contributed by atoms with E-state index in [1.807, 2.05) is 56.3 Å². The van der Waals surface area contributed by atoms with Gasteiger partial charge >= 0.3 is 6.03 Å². The molecule has 6 nitrogen and oxygen atoms in total. The Balaban J connectivity index is 1.59. The summed E-state index contributed by atoms with van der Waals surface area (Å²) >= 11 is 1.19. The molecule has 0 saturated carbocycles. The number of urea groups is 1. The molecule has 2 aromatic carbocycles. The van der Waals surface area contributed by atoms with Crippen molar-refractivity contribution in [3.63, 3.8) is 0 Å². The smallest absolute Gasteiger partial charge is 0.321 e. The number of benzene rings is 2. The predicted octanol–water partition coefficient (Wildman–Crippen LogP) is 4.66. The fourth-order valence-electron chi connectivity index (χ4n) is 2.25. The lowest BCUT2D eigenvalue weighted by Gasteiger charge is -2.06. The summed E-state index contributed by atoms with van der Waals surface area (Å²) in [5.74, 6) is -0.322. The van der Waals surface area contributed by atoms with Crippen molar-refractivity contribution in [3.05, 3.63) is 70.7 Å². The molecule has 132 valence electrons. The van der Waals surface area contributed by atoms with Crippen LogP contribution in [0.25, 0.3) is 0 Å². The molecule has 0 spiro atoms. The van der Waals surface area contributed by atoms with E-state index in [9.17, 15) is 9.59 Å². The van der Waals surface area contributed by atoms with Crippen molar-refractivity contribution in [2.45, 2.75) is 13.8 Å². The number of aromatic nitrogens is 1. The molecule has 3 rings (SSSR count). The molecule has 7 heteroatoms. The summed E-state index contributed by atoms with van der Waals surface area (Å²) in [5, 5.41) is 10.1. The number of carbonyl (C=O) groups excluding carboxylic acids is 2. The van der Waals surface area contributed by atoms with E-state index >= 15 is 0 Å². The van der Waals surface area contributed by atoms with Crippen LogP contribution in [0.15, 0.2) is 53.9 Å². The van der Waals surface area contributed by atoms with Gasteiger partial charge in [-0.15, -0.1) is 11.3 Å². The monoisotopic (exact) mass is 366 g/mol. The van der Waals surface area contributed by atoms with Gasteiger partial charge in [-0.2, -0.15) is 0 Å². The third-order valence-electron chi connectivity index (χ3n) is 3.54. The Morgan fingerprint density at radius 3 is 2.38 bits per heavy atom. The van der Waals surface area contributed by atoms with E-state index < -0.39 is 6.03 Å². The number of rotatable bonds is 4. The summed E-state index contributed by atoms with van der Waals surface area (Å²) in [6, 6.07) is 14.6. The Morgan fingerprint density at radius 2 is 1.65 bits per heavy atom. The highest BCUT2D eigenvalue weighted by molar-refractivity contribution is 7.14. The van der Waals surface area contributed by atoms with E-state index in [4.69, 9.17) is 0 Å². The molecule has 26 heavy (non-hydrogen) atoms. The molecule has 3 aromatic rings. The van der Waals surface area contributed by atoms with Gasteiger partial charge in [0.1, 0.15) is 5.69 Å². The Bertz CT molecular complexity index is 935. The van der Waals surface area contributed by atoms with E-state index in [0.717, 1.165) is 11.1 Å². The molecule has 0 radical (unpaired) electrons. The fourth-order valence-corrected chi connectivity index (χ4v) is 2.94. The standard InChI is InChI=1S/C19H18N4O2S/c1-12-6-8-14(9-7-12)20-17(24)16-11-26-19(22-16)23-18(25)21-15-5-3-4-13(2)10-15/h3-11H,1-2H3,(H,20,24)(H2,21,22,23,25). The molecule has 0 saturated heterocycles. The predicted molar refractivity (Wildman–Crippen MR) is 105 cm³/mol. The average molecular weight is 366 g/mol. The number of carbonyl (C=O) groups is 2. The Kier molecular flexibility index (Phi) is 5.28. The Hall–Kier alpha value is -3.19. The second-order valence-electron chi connectivity index (χ2n) is 5.81. The first-order valence-electron chi connectivity index (χ1n) is 7.98. The largest absolute Gasteiger partial charge is 0.325 e. The summed E-state index contributed by atoms with van der Waals surface area (Å²) in [7, 11) is 0. The first-order valence-corrected chi connectivity index (χ1v) is 8.86. The van der Waals surface area contributed by atoms with Crippen LogP contribution in [0.3, 0.4) is 0 Å². The van der Waals surface area contributed by atoms with Gasteiger partial charge in [0.05, 0.1) is 0 Å². The van der Waals surface area contributed by atoms with E-state index in [-0.39, 0.29) is 11.6 Å². The van der Waals surface area contributed by atoms with Gasteiger partial charge in [-0.3, -0.25) is 10.1 Å². The van der Waals surface area contributed by atoms with Crippen LogP contribution in [0.2, 0.25) is 0 Å². The summed E-state index contributed by atoms with van der Waals surface area (Å²) < 4.78 is 0. The number of hydrogen-bond donors (Lipinski definition) is 3. The maximum absolute atomic E-state index is 12.2. The van der Waals surface area contributed by atoms with Crippen LogP contribution in [0.1, 0.15) is 21.6 Å². The van der Waals surface area contributed by atoms with Crippen molar-refractivity contribution < 1.29 is 9.59 Å². The van der Waals surface area contributed by atoms with Gasteiger partial charge in [-0.05, 0) is 43.7 Å². The highest BCUT2D eigenvalue weighted by Crippen LogP contribution is 2.18. The summed E-state index contributed by atoms with van der Waals surface area (Å²) in [6.07, 6.45) is 0. The number of aryl methyl sites for hydroxylation is 2. The SMILES string of the molecule is Cc1ccc(NC(=O)c2csc(NC(=O)Nc3cccc(C)c3)n2)cc1. The van der Waals surface area contributed by atoms with E-state index in [2.05, 4.69) is 20.9 Å². The van der Waals surface area contributed by atoms with Crippen LogP contribution in [-0.2, 0) is 0 Å². The lowest BCUT2D eigenvalue weighted by Crippen LogP contribution is -2.19. The molecule has 1 aromatic heterocycles. The number of nitrogens with zero attached hydrogens (tertiary/aromatic N) is 1. The molecule has 0 aliphatic heterocycles. The summed E-state index contributed by atoms with van der Waals surface area (Å²) in [4.78, 5) is 28.4. The van der Waals surface area contributed by atoms with E-state index in [0.29, 0.717) is 16.5 Å². The molecular formula is C19H18N4O2S. The Morgan fingerprint density at radius 1 is 0.885 bits per heavy atom. The molecule has 0 atom stereocenters. The molecule has 0 aliphatic rings. The molecular weight excluding hydrogens is 348 g/mol. The van der Waals surface area contributed by atoms with Crippen LogP contribution in [0, 0.1) is 13.8 Å². The van der Waals surface area contributed by atoms with Crippen molar-refractivity contribution in [2.24, 2.45) is 0 Å². The highest BCUT2D eigenvalue weighted by Gasteiger charge is 2.13. The zero-order chi connectivity index (χ0) is 18.5. The van der Waals surface area contributed by atoms with Gasteiger partial charge in [-0.25, -0.2) is 9.78 Å². The molecule has 0 unspecified atom stereocenters. The van der Waals surface area contributed by atoms with Gasteiger partial charge in [0.15, 0.2) is 5.13 Å². The minimum atomic E-state index is -0.407. The third kappa shape index (κ3) is 4.67. The lowest BCUT2D eigenvalue weighted by molar-refractivity contribution is 0.102. The van der Waals surface area contributed by atoms with Crippen molar-refractivity contribution in [2.75, 3.05) is 16.0 Å². The summed E-state index contributed by atoms with van der Waals surface area (Å²) in [6.45, 7) is 3.93. The van der Waals surface area contributed by atoms with Crippen LogP contribution in [-0.4, -0.2) is 16.9 Å². The quantitative estimate of drug-likeness (QED) is 0.628. The van der Waals surface area contributed by atoms with Crippen LogP contribution in [0.5, 0.6) is 0 Å². The van der Waals surface area contributed by atoms with Gasteiger partial charge < -0.3 is 10.6 Å². The van der Waals surface area contributed by atoms with Crippen molar-refractivity contribution in [1.82, 2.24) is 4.98 Å². The van der Waals surface area contributed by atoms with Gasteiger partial charge in [0, 0.05) is 16.8 Å². The maximum atomic E-state index is 12.2. The number of nitrogens with one attached hydrogen (secondary N) is 3. The van der Waals surface area contributed by atoms with Crippen molar-refractivity contribution in [3.8, 4) is 0 Å². The first-order chi connectivity index (χ1) is 12.5. The van der Waals surface area contributed by atoms with Gasteiger partial charge in [-0.1, -0.05) is 29.8 Å². The van der Waals surface area contributed by atoms with Crippen molar-refractivity contribution in [1.29, 1.82) is 0 Å². The molecule has 1 heterocycles.